The summed E-state index contributed by atoms with van der Waals surface area (Å²) in [5.41, 5.74) is 2.31. The second kappa shape index (κ2) is 9.76. The summed E-state index contributed by atoms with van der Waals surface area (Å²) in [4.78, 5) is 25.8. The van der Waals surface area contributed by atoms with Crippen LogP contribution in [-0.4, -0.2) is 25.5 Å². The van der Waals surface area contributed by atoms with Crippen LogP contribution in [0.2, 0.25) is 0 Å². The van der Waals surface area contributed by atoms with Crippen molar-refractivity contribution in [3.8, 4) is 5.75 Å². The van der Waals surface area contributed by atoms with Crippen LogP contribution in [0.15, 0.2) is 87.5 Å². The van der Waals surface area contributed by atoms with Gasteiger partial charge in [0.2, 0.25) is 21.2 Å². The molecule has 1 aromatic heterocycles. The summed E-state index contributed by atoms with van der Waals surface area (Å²) in [7, 11) is -4.15. The van der Waals surface area contributed by atoms with Crippen molar-refractivity contribution in [3.63, 3.8) is 0 Å². The summed E-state index contributed by atoms with van der Waals surface area (Å²) in [5, 5.41) is 3.07. The van der Waals surface area contributed by atoms with Gasteiger partial charge in [-0.2, -0.15) is 0 Å². The first-order valence-corrected chi connectivity index (χ1v) is 12.7. The van der Waals surface area contributed by atoms with Gasteiger partial charge in [-0.15, -0.1) is 0 Å². The van der Waals surface area contributed by atoms with Crippen molar-refractivity contribution < 1.29 is 17.9 Å². The third-order valence-corrected chi connectivity index (χ3v) is 7.32. The molecule has 0 aliphatic rings. The number of sulfone groups is 1. The van der Waals surface area contributed by atoms with E-state index in [9.17, 15) is 18.0 Å². The average Bonchev–Trinajstić information content (AvgIpc) is 2.81. The Bertz CT molecular complexity index is 1570. The van der Waals surface area contributed by atoms with Gasteiger partial charge in [-0.25, -0.2) is 8.42 Å². The van der Waals surface area contributed by atoms with E-state index in [0.29, 0.717) is 23.6 Å². The van der Waals surface area contributed by atoms with Crippen molar-refractivity contribution in [1.82, 2.24) is 4.57 Å². The van der Waals surface area contributed by atoms with E-state index >= 15 is 0 Å². The molecule has 0 aliphatic heterocycles. The maximum absolute atomic E-state index is 13.5. The number of hydrogen-bond donors (Lipinski definition) is 1. The molecule has 4 aromatic rings. The zero-order valence-electron chi connectivity index (χ0n) is 19.7. The summed E-state index contributed by atoms with van der Waals surface area (Å²) in [6.45, 7) is 5.86. The van der Waals surface area contributed by atoms with E-state index in [4.69, 9.17) is 4.74 Å². The Hall–Kier alpha value is -3.91. The van der Waals surface area contributed by atoms with Gasteiger partial charge in [0.15, 0.2) is 0 Å². The van der Waals surface area contributed by atoms with Crippen molar-refractivity contribution >= 4 is 32.3 Å². The van der Waals surface area contributed by atoms with E-state index in [1.807, 2.05) is 45.0 Å². The molecule has 7 nitrogen and oxygen atoms in total. The van der Waals surface area contributed by atoms with Crippen LogP contribution in [0, 0.1) is 13.8 Å². The first-order valence-electron chi connectivity index (χ1n) is 11.2. The quantitative estimate of drug-likeness (QED) is 0.412. The molecule has 0 bridgehead atoms. The number of rotatable bonds is 7. The monoisotopic (exact) mass is 490 g/mol. The Kier molecular flexibility index (Phi) is 6.75. The Morgan fingerprint density at radius 3 is 2.37 bits per heavy atom. The Morgan fingerprint density at radius 2 is 1.69 bits per heavy atom. The number of hydrogen-bond acceptors (Lipinski definition) is 5. The maximum atomic E-state index is 13.5. The predicted molar refractivity (Wildman–Crippen MR) is 136 cm³/mol. The van der Waals surface area contributed by atoms with Gasteiger partial charge in [-0.1, -0.05) is 23.8 Å². The van der Waals surface area contributed by atoms with Gasteiger partial charge < -0.3 is 14.6 Å². The number of aryl methyl sites for hydroxylation is 2. The van der Waals surface area contributed by atoms with Crippen LogP contribution in [0.5, 0.6) is 5.75 Å². The molecule has 180 valence electrons. The molecule has 35 heavy (non-hydrogen) atoms. The van der Waals surface area contributed by atoms with Gasteiger partial charge >= 0.3 is 0 Å². The van der Waals surface area contributed by atoms with Crippen molar-refractivity contribution in [2.45, 2.75) is 37.1 Å². The lowest BCUT2D eigenvalue weighted by Crippen LogP contribution is -2.24. The topological polar surface area (TPSA) is 94.5 Å². The first-order chi connectivity index (χ1) is 16.7. The molecule has 0 fully saturated rings. The van der Waals surface area contributed by atoms with Crippen LogP contribution in [0.4, 0.5) is 5.69 Å². The van der Waals surface area contributed by atoms with Crippen LogP contribution in [0.1, 0.15) is 18.1 Å². The number of fused-ring (bicyclic) bond motifs is 1. The summed E-state index contributed by atoms with van der Waals surface area (Å²) in [5.74, 6) is 0.191. The first kappa shape index (κ1) is 24.2. The number of pyridine rings is 1. The molecule has 0 saturated carbocycles. The molecular formula is C27H26N2O5S. The minimum atomic E-state index is -4.15. The number of nitrogens with one attached hydrogen (secondary N) is 1. The number of ether oxygens (including phenoxy) is 1. The van der Waals surface area contributed by atoms with Crippen LogP contribution in [0.3, 0.4) is 0 Å². The molecule has 3 aromatic carbocycles. The van der Waals surface area contributed by atoms with Gasteiger partial charge in [0.1, 0.15) is 17.2 Å². The minimum absolute atomic E-state index is 0.0270. The van der Waals surface area contributed by atoms with E-state index in [2.05, 4.69) is 5.32 Å². The summed E-state index contributed by atoms with van der Waals surface area (Å²) >= 11 is 0. The van der Waals surface area contributed by atoms with Gasteiger partial charge in [0.25, 0.3) is 0 Å². The fraction of sp³-hybridized carbons (Fsp3) is 0.185. The molecule has 0 spiro atoms. The highest BCUT2D eigenvalue weighted by Gasteiger charge is 2.24. The zero-order chi connectivity index (χ0) is 25.2. The highest BCUT2D eigenvalue weighted by molar-refractivity contribution is 7.91. The number of amides is 1. The lowest BCUT2D eigenvalue weighted by atomic mass is 10.1. The Morgan fingerprint density at radius 1 is 0.971 bits per heavy atom. The van der Waals surface area contributed by atoms with Crippen LogP contribution in [0.25, 0.3) is 10.9 Å². The van der Waals surface area contributed by atoms with Crippen LogP contribution < -0.4 is 15.5 Å². The lowest BCUT2D eigenvalue weighted by molar-refractivity contribution is -0.116. The molecule has 1 heterocycles. The molecule has 0 saturated heterocycles. The zero-order valence-corrected chi connectivity index (χ0v) is 20.6. The minimum Gasteiger partial charge on any atom is -0.494 e. The Labute approximate surface area is 203 Å². The number of carbonyl (C=O) groups excluding carboxylic acids is 1. The second-order valence-electron chi connectivity index (χ2n) is 8.30. The van der Waals surface area contributed by atoms with E-state index in [0.717, 1.165) is 11.1 Å². The van der Waals surface area contributed by atoms with Gasteiger partial charge in [0, 0.05) is 17.3 Å². The van der Waals surface area contributed by atoms with Crippen LogP contribution >= 0.6 is 0 Å². The number of carbonyl (C=O) groups is 1. The summed E-state index contributed by atoms with van der Waals surface area (Å²) in [6.07, 6.45) is 1.25. The SMILES string of the molecule is CCOc1ccc(S(=O)(=O)c2cn(CC(=O)Nc3cccc(C)c3)c3ccc(C)cc3c2=O)cc1. The van der Waals surface area contributed by atoms with E-state index in [1.54, 1.807) is 30.3 Å². The fourth-order valence-corrected chi connectivity index (χ4v) is 5.26. The molecule has 1 N–H and O–H groups in total. The maximum Gasteiger partial charge on any atom is 0.244 e. The van der Waals surface area contributed by atoms with Crippen molar-refractivity contribution in [1.29, 1.82) is 0 Å². The number of nitrogens with zero attached hydrogens (tertiary/aromatic N) is 1. The number of anilines is 1. The second-order valence-corrected chi connectivity index (χ2v) is 10.2. The third-order valence-electron chi connectivity index (χ3n) is 5.55. The Balaban J connectivity index is 1.79. The normalized spacial score (nSPS) is 11.4. The van der Waals surface area contributed by atoms with Crippen molar-refractivity contribution in [2.75, 3.05) is 11.9 Å². The smallest absolute Gasteiger partial charge is 0.244 e. The predicted octanol–water partition coefficient (Wildman–Crippen LogP) is 4.49. The molecule has 4 rings (SSSR count). The standard InChI is InChI=1S/C27H26N2O5S/c1-4-34-21-9-11-22(12-10-21)35(32,33)25-16-29(24-13-8-19(3)15-23(24)27(25)31)17-26(30)28-20-7-5-6-18(2)14-20/h5-16H,4,17H2,1-3H3,(H,28,30). The average molecular weight is 491 g/mol. The molecule has 0 radical (unpaired) electrons. The number of benzene rings is 3. The highest BCUT2D eigenvalue weighted by atomic mass is 32.2. The lowest BCUT2D eigenvalue weighted by Gasteiger charge is -2.15. The summed E-state index contributed by atoms with van der Waals surface area (Å²) < 4.78 is 33.8. The number of aromatic nitrogens is 1. The molecule has 0 aliphatic carbocycles. The van der Waals surface area contributed by atoms with E-state index < -0.39 is 15.3 Å². The van der Waals surface area contributed by atoms with Crippen molar-refractivity contribution in [2.24, 2.45) is 0 Å². The highest BCUT2D eigenvalue weighted by Crippen LogP contribution is 2.24. The van der Waals surface area contributed by atoms with Gasteiger partial charge in [-0.3, -0.25) is 9.59 Å². The molecular weight excluding hydrogens is 464 g/mol. The van der Waals surface area contributed by atoms with Gasteiger partial charge in [-0.05, 0) is 74.9 Å². The van der Waals surface area contributed by atoms with E-state index in [-0.39, 0.29) is 27.6 Å². The van der Waals surface area contributed by atoms with E-state index in [1.165, 1.54) is 22.9 Å². The third kappa shape index (κ3) is 5.12. The largest absolute Gasteiger partial charge is 0.494 e. The summed E-state index contributed by atoms with van der Waals surface area (Å²) in [6, 6.07) is 18.5. The molecule has 0 atom stereocenters. The molecule has 0 unspecified atom stereocenters. The van der Waals surface area contributed by atoms with Crippen molar-refractivity contribution in [3.05, 3.63) is 94.3 Å². The van der Waals surface area contributed by atoms with Crippen LogP contribution in [-0.2, 0) is 21.2 Å². The van der Waals surface area contributed by atoms with Gasteiger partial charge in [0.05, 0.1) is 17.0 Å². The molecule has 1 amide bonds. The molecule has 8 heteroatoms. The fourth-order valence-electron chi connectivity index (χ4n) is 3.89.